The van der Waals surface area contributed by atoms with Crippen molar-refractivity contribution in [3.8, 4) is 5.75 Å². The highest BCUT2D eigenvalue weighted by Crippen LogP contribution is 2.18. The van der Waals surface area contributed by atoms with Crippen molar-refractivity contribution in [2.45, 2.75) is 0 Å². The Morgan fingerprint density at radius 2 is 1.71 bits per heavy atom. The molecule has 0 atom stereocenters. The smallest absolute Gasteiger partial charge is 0.234 e. The molecule has 0 unspecified atom stereocenters. The fraction of sp³-hybridized carbons (Fsp3) is 0. The first-order valence-corrected chi connectivity index (χ1v) is 8.08. The lowest BCUT2D eigenvalue weighted by Gasteiger charge is -1.99. The summed E-state index contributed by atoms with van der Waals surface area (Å²) < 4.78 is 0.206. The van der Waals surface area contributed by atoms with E-state index in [1.807, 2.05) is 42.5 Å². The van der Waals surface area contributed by atoms with Crippen molar-refractivity contribution in [2.75, 3.05) is 0 Å². The van der Waals surface area contributed by atoms with Gasteiger partial charge in [0.25, 0.3) is 0 Å². The average Bonchev–Trinajstić information content (AvgIpc) is 2.73. The summed E-state index contributed by atoms with van der Waals surface area (Å²) in [6, 6.07) is 18.3. The Morgan fingerprint density at radius 3 is 2.50 bits per heavy atom. The number of hydrogen-bond acceptors (Lipinski definition) is 3. The van der Waals surface area contributed by atoms with Gasteiger partial charge in [-0.05, 0) is 56.5 Å². The molecule has 0 aromatic heterocycles. The molecule has 0 heterocycles. The molecule has 3 aromatic carbocycles. The quantitative estimate of drug-likeness (QED) is 0.534. The second kappa shape index (κ2) is 6.81. The summed E-state index contributed by atoms with van der Waals surface area (Å²) in [6.07, 6.45) is 3.02. The molecule has 0 fully saturated rings. The number of rotatable bonds is 3. The normalized spacial score (nSPS) is 11.0. The van der Waals surface area contributed by atoms with Crippen molar-refractivity contribution >= 4 is 38.6 Å². The minimum Gasteiger partial charge on any atom is -0.504 e. The van der Waals surface area contributed by atoms with E-state index in [9.17, 15) is 14.7 Å². The summed E-state index contributed by atoms with van der Waals surface area (Å²) in [6.45, 7) is 0. The van der Waals surface area contributed by atoms with Crippen LogP contribution >= 0.6 is 15.9 Å². The third-order valence-electron chi connectivity index (χ3n) is 3.66. The Labute approximate surface area is 147 Å². The molecule has 0 amide bonds. The summed E-state index contributed by atoms with van der Waals surface area (Å²) in [7, 11) is 0. The number of benzene rings is 2. The van der Waals surface area contributed by atoms with Gasteiger partial charge in [0.05, 0.1) is 10.0 Å². The summed E-state index contributed by atoms with van der Waals surface area (Å²) in [4.78, 5) is 24.1. The van der Waals surface area contributed by atoms with Crippen molar-refractivity contribution in [1.29, 1.82) is 0 Å². The number of carbonyl (C=O) groups excluding carboxylic acids is 1. The van der Waals surface area contributed by atoms with Gasteiger partial charge in [0.2, 0.25) is 5.43 Å². The van der Waals surface area contributed by atoms with Gasteiger partial charge in [-0.2, -0.15) is 0 Å². The zero-order valence-electron chi connectivity index (χ0n) is 12.6. The van der Waals surface area contributed by atoms with Crippen molar-refractivity contribution in [1.82, 2.24) is 0 Å². The maximum Gasteiger partial charge on any atom is 0.234 e. The molecule has 0 saturated heterocycles. The topological polar surface area (TPSA) is 54.4 Å². The van der Waals surface area contributed by atoms with Crippen LogP contribution in [0.5, 0.6) is 5.75 Å². The van der Waals surface area contributed by atoms with Crippen molar-refractivity contribution in [3.63, 3.8) is 0 Å². The molecule has 0 radical (unpaired) electrons. The van der Waals surface area contributed by atoms with Gasteiger partial charge in [-0.15, -0.1) is 0 Å². The van der Waals surface area contributed by atoms with E-state index in [4.69, 9.17) is 0 Å². The van der Waals surface area contributed by atoms with E-state index in [2.05, 4.69) is 15.9 Å². The lowest BCUT2D eigenvalue weighted by molar-refractivity contribution is 0.104. The van der Waals surface area contributed by atoms with Gasteiger partial charge in [-0.1, -0.05) is 48.5 Å². The van der Waals surface area contributed by atoms with Crippen LogP contribution in [-0.2, 0) is 0 Å². The Kier molecular flexibility index (Phi) is 4.58. The van der Waals surface area contributed by atoms with Gasteiger partial charge in [0.1, 0.15) is 0 Å². The van der Waals surface area contributed by atoms with Crippen LogP contribution in [0.3, 0.4) is 0 Å². The van der Waals surface area contributed by atoms with Crippen LogP contribution in [0.4, 0.5) is 0 Å². The Hall–Kier alpha value is -2.72. The summed E-state index contributed by atoms with van der Waals surface area (Å²) in [5.74, 6) is -0.985. The molecule has 0 saturated carbocycles. The molecule has 0 spiro atoms. The number of halogens is 1. The molecule has 0 aliphatic carbocycles. The largest absolute Gasteiger partial charge is 0.504 e. The number of ketones is 1. The molecule has 24 heavy (non-hydrogen) atoms. The predicted molar refractivity (Wildman–Crippen MR) is 99.4 cm³/mol. The number of aromatic hydroxyl groups is 1. The van der Waals surface area contributed by atoms with E-state index in [1.165, 1.54) is 18.2 Å². The molecule has 118 valence electrons. The van der Waals surface area contributed by atoms with Gasteiger partial charge in [-0.3, -0.25) is 9.59 Å². The molecular formula is C20H13BrO3. The monoisotopic (exact) mass is 380 g/mol. The minimum absolute atomic E-state index is 0.0252. The fourth-order valence-corrected chi connectivity index (χ4v) is 2.73. The van der Waals surface area contributed by atoms with Crippen molar-refractivity contribution < 1.29 is 9.90 Å². The molecule has 3 rings (SSSR count). The first-order chi connectivity index (χ1) is 11.6. The predicted octanol–water partition coefficient (Wildman–Crippen LogP) is 4.56. The van der Waals surface area contributed by atoms with Crippen LogP contribution in [-0.4, -0.2) is 10.9 Å². The first-order valence-electron chi connectivity index (χ1n) is 7.29. The van der Waals surface area contributed by atoms with Gasteiger partial charge in [0, 0.05) is 0 Å². The fourth-order valence-electron chi connectivity index (χ4n) is 2.39. The molecule has 1 N–H and O–H groups in total. The second-order valence-corrected chi connectivity index (χ2v) is 6.12. The standard InChI is InChI=1S/C20H13BrO3/c21-17-7-3-6-16(19(23)20(17)24)18(22)11-9-13-8-10-14-4-1-2-5-15(14)12-13/h1-12H,(H,23,24)/b11-9+. The highest BCUT2D eigenvalue weighted by molar-refractivity contribution is 9.10. The second-order valence-electron chi connectivity index (χ2n) is 5.27. The first kappa shape index (κ1) is 16.1. The number of fused-ring (bicyclic) bond motifs is 1. The molecular weight excluding hydrogens is 368 g/mol. The zero-order chi connectivity index (χ0) is 17.1. The van der Waals surface area contributed by atoms with Crippen molar-refractivity contribution in [2.24, 2.45) is 0 Å². The Morgan fingerprint density at radius 1 is 0.958 bits per heavy atom. The van der Waals surface area contributed by atoms with Crippen LogP contribution < -0.4 is 5.43 Å². The Balaban J connectivity index is 1.94. The van der Waals surface area contributed by atoms with Crippen LogP contribution in [0.15, 0.2) is 76.0 Å². The van der Waals surface area contributed by atoms with Gasteiger partial charge in [-0.25, -0.2) is 0 Å². The van der Waals surface area contributed by atoms with Crippen LogP contribution in [0.1, 0.15) is 15.9 Å². The van der Waals surface area contributed by atoms with E-state index in [1.54, 1.807) is 12.1 Å². The number of hydrogen-bond donors (Lipinski definition) is 1. The molecule has 0 aliphatic heterocycles. The zero-order valence-corrected chi connectivity index (χ0v) is 14.2. The van der Waals surface area contributed by atoms with E-state index < -0.39 is 17.0 Å². The van der Waals surface area contributed by atoms with Crippen LogP contribution in [0.2, 0.25) is 0 Å². The maximum absolute atomic E-state index is 12.3. The highest BCUT2D eigenvalue weighted by atomic mass is 79.9. The van der Waals surface area contributed by atoms with Crippen LogP contribution in [0, 0.1) is 0 Å². The Bertz CT molecular complexity index is 1020. The summed E-state index contributed by atoms with van der Waals surface area (Å²) >= 11 is 3.06. The van der Waals surface area contributed by atoms with Crippen LogP contribution in [0.25, 0.3) is 16.8 Å². The van der Waals surface area contributed by atoms with E-state index in [-0.39, 0.29) is 10.0 Å². The third-order valence-corrected chi connectivity index (χ3v) is 4.28. The SMILES string of the molecule is O=C(/C=C/c1ccc2ccccc2c1)c1cccc(Br)c(=O)c1O. The third kappa shape index (κ3) is 3.29. The lowest BCUT2D eigenvalue weighted by atomic mass is 10.1. The van der Waals surface area contributed by atoms with Gasteiger partial charge < -0.3 is 5.11 Å². The molecule has 4 heteroatoms. The molecule has 0 aliphatic rings. The van der Waals surface area contributed by atoms with E-state index >= 15 is 0 Å². The highest BCUT2D eigenvalue weighted by Gasteiger charge is 2.11. The van der Waals surface area contributed by atoms with E-state index in [0.29, 0.717) is 0 Å². The molecule has 3 nitrogen and oxygen atoms in total. The van der Waals surface area contributed by atoms with Gasteiger partial charge in [0.15, 0.2) is 11.5 Å². The molecule has 0 bridgehead atoms. The number of allylic oxidation sites excluding steroid dienone is 1. The lowest BCUT2D eigenvalue weighted by Crippen LogP contribution is -2.03. The average molecular weight is 381 g/mol. The molecule has 3 aromatic rings. The number of carbonyl (C=O) groups is 1. The summed E-state index contributed by atoms with van der Waals surface area (Å²) in [5.41, 5.74) is 0.232. The maximum atomic E-state index is 12.3. The van der Waals surface area contributed by atoms with E-state index in [0.717, 1.165) is 16.3 Å². The summed E-state index contributed by atoms with van der Waals surface area (Å²) in [5, 5.41) is 12.1. The van der Waals surface area contributed by atoms with Crippen molar-refractivity contribution in [3.05, 3.63) is 92.6 Å². The minimum atomic E-state index is -0.609. The van der Waals surface area contributed by atoms with Gasteiger partial charge >= 0.3 is 0 Å².